The van der Waals surface area contributed by atoms with E-state index < -0.39 is 24.2 Å². The minimum absolute atomic E-state index is 0.0802. The third-order valence-electron chi connectivity index (χ3n) is 2.92. The fourth-order valence-corrected chi connectivity index (χ4v) is 3.90. The van der Waals surface area contributed by atoms with Crippen molar-refractivity contribution in [1.29, 1.82) is 0 Å². The maximum atomic E-state index is 11.8. The van der Waals surface area contributed by atoms with Gasteiger partial charge < -0.3 is 25.2 Å². The van der Waals surface area contributed by atoms with Gasteiger partial charge in [-0.1, -0.05) is 13.8 Å². The van der Waals surface area contributed by atoms with Crippen LogP contribution in [-0.2, 0) is 18.7 Å². The lowest BCUT2D eigenvalue weighted by molar-refractivity contribution is -0.136. The van der Waals surface area contributed by atoms with Crippen molar-refractivity contribution in [2.24, 2.45) is 5.41 Å². The van der Waals surface area contributed by atoms with Crippen LogP contribution in [0.4, 0.5) is 0 Å². The molecule has 1 heterocycles. The first kappa shape index (κ1) is 18.4. The number of aliphatic hydroxyl groups is 1. The number of carbonyl (C=O) groups is 2. The second kappa shape index (κ2) is 7.60. The summed E-state index contributed by atoms with van der Waals surface area (Å²) in [6.07, 6.45) is -1.33. The summed E-state index contributed by atoms with van der Waals surface area (Å²) in [6, 6.07) is 0. The summed E-state index contributed by atoms with van der Waals surface area (Å²) in [5.74, 6) is -0.696. The molecule has 0 aromatic heterocycles. The molecule has 2 atom stereocenters. The minimum Gasteiger partial charge on any atom is -0.383 e. The monoisotopic (exact) mass is 340 g/mol. The first-order valence-electron chi connectivity index (χ1n) is 6.48. The molecule has 10 heteroatoms. The minimum atomic E-state index is -3.89. The van der Waals surface area contributed by atoms with Crippen molar-refractivity contribution >= 4 is 30.0 Å². The van der Waals surface area contributed by atoms with Crippen LogP contribution in [0.2, 0.25) is 0 Å². The van der Waals surface area contributed by atoms with Crippen LogP contribution < -0.4 is 10.6 Å². The van der Waals surface area contributed by atoms with Gasteiger partial charge in [0.05, 0.1) is 6.61 Å². The van der Waals surface area contributed by atoms with Crippen LogP contribution in [0.25, 0.3) is 0 Å². The molecule has 0 saturated carbocycles. The Bertz CT molecular complexity index is 444. The average molecular weight is 340 g/mol. The van der Waals surface area contributed by atoms with E-state index in [4.69, 9.17) is 4.52 Å². The lowest BCUT2D eigenvalue weighted by Gasteiger charge is -2.30. The quantitative estimate of drug-likeness (QED) is 0.452. The molecule has 0 aromatic rings. The first-order chi connectivity index (χ1) is 9.64. The zero-order valence-corrected chi connectivity index (χ0v) is 13.7. The fraction of sp³-hybridized carbons (Fsp3) is 0.818. The molecule has 0 bridgehead atoms. The maximum absolute atomic E-state index is 11.8. The normalized spacial score (nSPS) is 32.7. The topological polar surface area (TPSA) is 125 Å². The Morgan fingerprint density at radius 1 is 1.33 bits per heavy atom. The Morgan fingerprint density at radius 2 is 2.00 bits per heavy atom. The van der Waals surface area contributed by atoms with E-state index in [1.165, 1.54) is 0 Å². The van der Waals surface area contributed by atoms with Gasteiger partial charge in [-0.3, -0.25) is 9.59 Å². The highest BCUT2D eigenvalue weighted by Gasteiger charge is 2.36. The Hall–Kier alpha value is -0.600. The van der Waals surface area contributed by atoms with Crippen molar-refractivity contribution in [1.82, 2.24) is 10.6 Å². The number of hydrogen-bond donors (Lipinski definition) is 4. The second-order valence-electron chi connectivity index (χ2n) is 5.36. The van der Waals surface area contributed by atoms with Gasteiger partial charge in [0.15, 0.2) is 0 Å². The zero-order chi connectivity index (χ0) is 16.1. The smallest absolute Gasteiger partial charge is 0.383 e. The lowest BCUT2D eigenvalue weighted by Crippen LogP contribution is -2.46. The number of amides is 2. The van der Waals surface area contributed by atoms with E-state index in [0.29, 0.717) is 11.4 Å². The summed E-state index contributed by atoms with van der Waals surface area (Å²) in [5, 5.41) is 15.0. The summed E-state index contributed by atoms with van der Waals surface area (Å²) in [5.41, 5.74) is -1.03. The molecule has 21 heavy (non-hydrogen) atoms. The van der Waals surface area contributed by atoms with Gasteiger partial charge in [0.2, 0.25) is 11.8 Å². The number of rotatable bonds is 0. The molecule has 1 fully saturated rings. The predicted molar refractivity (Wildman–Crippen MR) is 78.7 cm³/mol. The Kier molecular flexibility index (Phi) is 6.68. The Labute approximate surface area is 127 Å². The standard InChI is InChI=1S/C11H21N2O6PS/c1-11(2)7-19-20(17,18)21-6-5-12-8(14)3-4-13-10(16)9(11)15/h9,15H,3-7H2,1-2H3,(H,12,14)(H,13,16)(H,17,18)/t9-/m0/s1. The van der Waals surface area contributed by atoms with E-state index in [-0.39, 0.29) is 37.8 Å². The van der Waals surface area contributed by atoms with Crippen LogP contribution in [0.5, 0.6) is 0 Å². The van der Waals surface area contributed by atoms with Crippen molar-refractivity contribution < 1.29 is 28.7 Å². The molecule has 0 aromatic carbocycles. The number of hydrogen-bond acceptors (Lipinski definition) is 6. The van der Waals surface area contributed by atoms with Crippen LogP contribution in [0, 0.1) is 5.41 Å². The van der Waals surface area contributed by atoms with E-state index in [1.807, 2.05) is 0 Å². The molecule has 1 unspecified atom stereocenters. The molecule has 2 amide bonds. The summed E-state index contributed by atoms with van der Waals surface area (Å²) in [4.78, 5) is 32.9. The van der Waals surface area contributed by atoms with Gasteiger partial charge in [0.1, 0.15) is 6.10 Å². The van der Waals surface area contributed by atoms with E-state index in [1.54, 1.807) is 13.8 Å². The van der Waals surface area contributed by atoms with Crippen LogP contribution in [-0.4, -0.2) is 53.4 Å². The first-order valence-corrected chi connectivity index (χ1v) is 9.65. The van der Waals surface area contributed by atoms with Crippen molar-refractivity contribution in [2.45, 2.75) is 26.4 Å². The van der Waals surface area contributed by atoms with Crippen LogP contribution >= 0.6 is 18.2 Å². The number of aliphatic hydroxyl groups excluding tert-OH is 1. The average Bonchev–Trinajstić information content (AvgIpc) is 2.40. The number of nitrogens with one attached hydrogen (secondary N) is 2. The van der Waals surface area contributed by atoms with Gasteiger partial charge in [-0.2, -0.15) is 0 Å². The third kappa shape index (κ3) is 6.36. The zero-order valence-electron chi connectivity index (χ0n) is 12.0. The summed E-state index contributed by atoms with van der Waals surface area (Å²) < 4.78 is 16.7. The molecule has 1 rings (SSSR count). The SMILES string of the molecule is CC1(C)COP(=O)(O)SCCNC(=O)CCNC(=O)[C@@H]1O. The predicted octanol–water partition coefficient (Wildman–Crippen LogP) is -0.140. The molecule has 122 valence electrons. The van der Waals surface area contributed by atoms with Gasteiger partial charge in [-0.05, 0) is 11.4 Å². The Morgan fingerprint density at radius 3 is 2.67 bits per heavy atom. The van der Waals surface area contributed by atoms with Gasteiger partial charge in [0, 0.05) is 30.7 Å². The van der Waals surface area contributed by atoms with E-state index in [2.05, 4.69) is 10.6 Å². The molecule has 1 aliphatic rings. The summed E-state index contributed by atoms with van der Waals surface area (Å²) in [7, 11) is 0. The Balaban J connectivity index is 2.78. The van der Waals surface area contributed by atoms with Crippen molar-refractivity contribution in [3.8, 4) is 0 Å². The van der Waals surface area contributed by atoms with Crippen molar-refractivity contribution in [3.05, 3.63) is 0 Å². The van der Waals surface area contributed by atoms with Gasteiger partial charge in [0.25, 0.3) is 0 Å². The maximum Gasteiger partial charge on any atom is 0.386 e. The van der Waals surface area contributed by atoms with Crippen LogP contribution in [0.15, 0.2) is 0 Å². The molecule has 8 nitrogen and oxygen atoms in total. The largest absolute Gasteiger partial charge is 0.386 e. The van der Waals surface area contributed by atoms with E-state index in [9.17, 15) is 24.2 Å². The molecular weight excluding hydrogens is 319 g/mol. The van der Waals surface area contributed by atoms with Crippen molar-refractivity contribution in [3.63, 3.8) is 0 Å². The highest BCUT2D eigenvalue weighted by molar-refractivity contribution is 8.54. The van der Waals surface area contributed by atoms with Crippen molar-refractivity contribution in [2.75, 3.05) is 25.4 Å². The van der Waals surface area contributed by atoms with E-state index in [0.717, 1.165) is 0 Å². The van der Waals surface area contributed by atoms with Gasteiger partial charge in [-0.15, -0.1) is 0 Å². The fourth-order valence-electron chi connectivity index (χ4n) is 1.55. The highest BCUT2D eigenvalue weighted by Crippen LogP contribution is 2.56. The molecule has 0 aliphatic carbocycles. The summed E-state index contributed by atoms with van der Waals surface area (Å²) in [6.45, 7) is -0.667. The summed E-state index contributed by atoms with van der Waals surface area (Å²) >= 11 is 0.702. The third-order valence-corrected chi connectivity index (χ3v) is 5.93. The molecule has 0 spiro atoms. The highest BCUT2D eigenvalue weighted by atomic mass is 32.7. The molecular formula is C11H21N2O6PS. The van der Waals surface area contributed by atoms with Gasteiger partial charge in [-0.25, -0.2) is 4.57 Å². The van der Waals surface area contributed by atoms with Crippen LogP contribution in [0.1, 0.15) is 20.3 Å². The molecule has 1 aliphatic heterocycles. The second-order valence-corrected chi connectivity index (χ2v) is 9.38. The van der Waals surface area contributed by atoms with Crippen LogP contribution in [0.3, 0.4) is 0 Å². The molecule has 1 saturated heterocycles. The lowest BCUT2D eigenvalue weighted by atomic mass is 9.87. The van der Waals surface area contributed by atoms with Gasteiger partial charge >= 0.3 is 6.80 Å². The van der Waals surface area contributed by atoms with E-state index >= 15 is 0 Å². The molecule has 4 N–H and O–H groups in total. The molecule has 0 radical (unpaired) electrons. The number of carbonyl (C=O) groups excluding carboxylic acids is 2.